The van der Waals surface area contributed by atoms with Crippen molar-refractivity contribution < 1.29 is 4.39 Å². The summed E-state index contributed by atoms with van der Waals surface area (Å²) in [5.74, 6) is 0.602. The molecule has 23 heavy (non-hydrogen) atoms. The third kappa shape index (κ3) is 3.36. The van der Waals surface area contributed by atoms with Crippen molar-refractivity contribution in [2.45, 2.75) is 24.8 Å². The molecule has 0 aliphatic carbocycles. The molecule has 0 radical (unpaired) electrons. The summed E-state index contributed by atoms with van der Waals surface area (Å²) in [5.41, 5.74) is 2.05. The fraction of sp³-hybridized carbons (Fsp3) is 0.235. The molecule has 1 aromatic carbocycles. The Bertz CT molecular complexity index is 866. The number of halogens is 1. The Morgan fingerprint density at radius 1 is 1.26 bits per heavy atom. The highest BCUT2D eigenvalue weighted by Crippen LogP contribution is 2.41. The van der Waals surface area contributed by atoms with E-state index in [0.717, 1.165) is 43.4 Å². The molecule has 116 valence electrons. The van der Waals surface area contributed by atoms with Gasteiger partial charge in [-0.25, -0.2) is 14.4 Å². The van der Waals surface area contributed by atoms with E-state index in [2.05, 4.69) is 23.0 Å². The summed E-state index contributed by atoms with van der Waals surface area (Å²) in [5, 5.41) is 10.6. The number of nitriles is 1. The van der Waals surface area contributed by atoms with Crippen LogP contribution in [-0.4, -0.2) is 15.7 Å². The lowest BCUT2D eigenvalue weighted by Crippen LogP contribution is -1.88. The normalized spacial score (nSPS) is 10.8. The van der Waals surface area contributed by atoms with Crippen LogP contribution in [0.5, 0.6) is 0 Å². The summed E-state index contributed by atoms with van der Waals surface area (Å²) < 4.78 is 13.2. The van der Waals surface area contributed by atoms with Gasteiger partial charge in [0.2, 0.25) is 0 Å². The lowest BCUT2D eigenvalue weighted by Gasteiger charge is -2.06. The third-order valence-electron chi connectivity index (χ3n) is 3.43. The quantitative estimate of drug-likeness (QED) is 0.363. The molecule has 0 atom stereocenters. The smallest absolute Gasteiger partial charge is 0.128 e. The molecule has 0 aliphatic rings. The van der Waals surface area contributed by atoms with Gasteiger partial charge in [-0.1, -0.05) is 12.1 Å². The van der Waals surface area contributed by atoms with E-state index < -0.39 is 0 Å². The second kappa shape index (κ2) is 7.07. The first kappa shape index (κ1) is 15.9. The minimum atomic E-state index is -0.242. The van der Waals surface area contributed by atoms with Crippen molar-refractivity contribution in [3.63, 3.8) is 0 Å². The van der Waals surface area contributed by atoms with Gasteiger partial charge in [0.25, 0.3) is 0 Å². The number of unbranched alkanes of at least 4 members (excludes halogenated alkanes) is 1. The Labute approximate surface area is 142 Å². The highest BCUT2D eigenvalue weighted by atomic mass is 32.2. The molecule has 0 unspecified atom stereocenters. The molecule has 2 heterocycles. The van der Waals surface area contributed by atoms with Crippen molar-refractivity contribution in [2.75, 3.05) is 5.75 Å². The zero-order valence-corrected chi connectivity index (χ0v) is 14.2. The number of aryl methyl sites for hydroxylation is 1. The fourth-order valence-corrected chi connectivity index (χ4v) is 4.44. The highest BCUT2D eigenvalue weighted by Gasteiger charge is 2.16. The predicted octanol–water partition coefficient (Wildman–Crippen LogP) is 5.20. The molecular formula is C17H14FN3S2. The van der Waals surface area contributed by atoms with E-state index >= 15 is 0 Å². The minimum absolute atomic E-state index is 0.242. The van der Waals surface area contributed by atoms with Crippen LogP contribution >= 0.6 is 23.1 Å². The number of thiophene rings is 1. The molecule has 0 aliphatic heterocycles. The van der Waals surface area contributed by atoms with Gasteiger partial charge >= 0.3 is 0 Å². The van der Waals surface area contributed by atoms with E-state index in [9.17, 15) is 4.39 Å². The minimum Gasteiger partial charge on any atom is -0.229 e. The van der Waals surface area contributed by atoms with Crippen molar-refractivity contribution >= 4 is 33.3 Å². The maximum atomic E-state index is 13.2. The maximum Gasteiger partial charge on any atom is 0.128 e. The SMILES string of the molecule is Cc1sc2ncnc(SCCCC#N)c2c1-c1ccc(F)cc1. The van der Waals surface area contributed by atoms with Crippen LogP contribution in [0.15, 0.2) is 35.6 Å². The number of fused-ring (bicyclic) bond motifs is 1. The van der Waals surface area contributed by atoms with Crippen molar-refractivity contribution in [1.82, 2.24) is 9.97 Å². The average molecular weight is 343 g/mol. The Hall–Kier alpha value is -1.97. The van der Waals surface area contributed by atoms with E-state index in [4.69, 9.17) is 5.26 Å². The van der Waals surface area contributed by atoms with Crippen molar-refractivity contribution in [2.24, 2.45) is 0 Å². The molecule has 0 spiro atoms. The van der Waals surface area contributed by atoms with Crippen LogP contribution in [-0.2, 0) is 0 Å². The Balaban J connectivity index is 2.05. The Morgan fingerprint density at radius 3 is 2.78 bits per heavy atom. The van der Waals surface area contributed by atoms with Crippen LogP contribution < -0.4 is 0 Å². The fourth-order valence-electron chi connectivity index (χ4n) is 2.41. The molecule has 0 bridgehead atoms. The average Bonchev–Trinajstić information content (AvgIpc) is 2.89. The molecule has 6 heteroatoms. The number of nitrogens with zero attached hydrogens (tertiary/aromatic N) is 3. The second-order valence-electron chi connectivity index (χ2n) is 5.01. The lowest BCUT2D eigenvalue weighted by atomic mass is 10.0. The van der Waals surface area contributed by atoms with Gasteiger partial charge in [0, 0.05) is 22.6 Å². The van der Waals surface area contributed by atoms with Crippen LogP contribution in [0, 0.1) is 24.1 Å². The van der Waals surface area contributed by atoms with Crippen LogP contribution in [0.1, 0.15) is 17.7 Å². The largest absolute Gasteiger partial charge is 0.229 e. The monoisotopic (exact) mass is 343 g/mol. The first-order chi connectivity index (χ1) is 11.2. The van der Waals surface area contributed by atoms with E-state index in [0.29, 0.717) is 6.42 Å². The number of thioether (sulfide) groups is 1. The van der Waals surface area contributed by atoms with E-state index in [1.807, 2.05) is 0 Å². The molecular weight excluding hydrogens is 329 g/mol. The van der Waals surface area contributed by atoms with Gasteiger partial charge in [-0.2, -0.15) is 5.26 Å². The van der Waals surface area contributed by atoms with Gasteiger partial charge < -0.3 is 0 Å². The summed E-state index contributed by atoms with van der Waals surface area (Å²) in [6.07, 6.45) is 2.97. The number of aromatic nitrogens is 2. The molecule has 0 saturated heterocycles. The molecule has 0 N–H and O–H groups in total. The first-order valence-corrected chi connectivity index (χ1v) is 9.00. The molecule has 3 rings (SSSR count). The number of hydrogen-bond donors (Lipinski definition) is 0. The standard InChI is InChI=1S/C17H14FN3S2/c1-11-14(12-4-6-13(18)7-5-12)15-16(22-9-3-2-8-19)20-10-21-17(15)23-11/h4-7,10H,2-3,9H2,1H3. The molecule has 0 saturated carbocycles. The van der Waals surface area contributed by atoms with Gasteiger partial charge in [0.05, 0.1) is 11.5 Å². The van der Waals surface area contributed by atoms with Crippen molar-refractivity contribution in [1.29, 1.82) is 5.26 Å². The predicted molar refractivity (Wildman–Crippen MR) is 93.1 cm³/mol. The summed E-state index contributed by atoms with van der Waals surface area (Å²) in [6, 6.07) is 8.69. The Morgan fingerprint density at radius 2 is 2.04 bits per heavy atom. The van der Waals surface area contributed by atoms with Crippen molar-refractivity contribution in [3.05, 3.63) is 41.3 Å². The number of rotatable bonds is 5. The molecule has 3 nitrogen and oxygen atoms in total. The molecule has 0 fully saturated rings. The van der Waals surface area contributed by atoms with Crippen LogP contribution in [0.25, 0.3) is 21.3 Å². The molecule has 0 amide bonds. The van der Waals surface area contributed by atoms with Gasteiger partial charge in [-0.15, -0.1) is 23.1 Å². The van der Waals surface area contributed by atoms with Gasteiger partial charge in [0.15, 0.2) is 0 Å². The van der Waals surface area contributed by atoms with Gasteiger partial charge in [-0.3, -0.25) is 0 Å². The van der Waals surface area contributed by atoms with E-state index in [-0.39, 0.29) is 5.82 Å². The van der Waals surface area contributed by atoms with Gasteiger partial charge in [-0.05, 0) is 31.0 Å². The number of benzene rings is 1. The molecule has 3 aromatic rings. The van der Waals surface area contributed by atoms with Crippen LogP contribution in [0.2, 0.25) is 0 Å². The summed E-state index contributed by atoms with van der Waals surface area (Å²) in [7, 11) is 0. The topological polar surface area (TPSA) is 49.6 Å². The van der Waals surface area contributed by atoms with E-state index in [1.54, 1.807) is 41.6 Å². The summed E-state index contributed by atoms with van der Waals surface area (Å²) >= 11 is 3.27. The first-order valence-electron chi connectivity index (χ1n) is 7.20. The van der Waals surface area contributed by atoms with Gasteiger partial charge in [0.1, 0.15) is 22.0 Å². The van der Waals surface area contributed by atoms with Crippen LogP contribution in [0.4, 0.5) is 4.39 Å². The summed E-state index contributed by atoms with van der Waals surface area (Å²) in [6.45, 7) is 2.05. The zero-order chi connectivity index (χ0) is 16.2. The maximum absolute atomic E-state index is 13.2. The summed E-state index contributed by atoms with van der Waals surface area (Å²) in [4.78, 5) is 10.9. The van der Waals surface area contributed by atoms with Crippen LogP contribution in [0.3, 0.4) is 0 Å². The van der Waals surface area contributed by atoms with Crippen molar-refractivity contribution in [3.8, 4) is 17.2 Å². The molecule has 2 aromatic heterocycles. The highest BCUT2D eigenvalue weighted by molar-refractivity contribution is 7.99. The van der Waals surface area contributed by atoms with E-state index in [1.165, 1.54) is 12.1 Å². The lowest BCUT2D eigenvalue weighted by molar-refractivity contribution is 0.628. The number of hydrogen-bond acceptors (Lipinski definition) is 5. The second-order valence-corrected chi connectivity index (χ2v) is 7.30. The third-order valence-corrected chi connectivity index (χ3v) is 5.52. The zero-order valence-electron chi connectivity index (χ0n) is 12.5. The Kier molecular flexibility index (Phi) is 4.89.